The summed E-state index contributed by atoms with van der Waals surface area (Å²) in [5.41, 5.74) is 13.4. The van der Waals surface area contributed by atoms with Gasteiger partial charge in [0, 0.05) is 30.0 Å². The fourth-order valence-electron chi connectivity index (χ4n) is 2.08. The predicted molar refractivity (Wildman–Crippen MR) is 84.9 cm³/mol. The third-order valence-corrected chi connectivity index (χ3v) is 3.28. The molecule has 0 unspecified atom stereocenters. The molecule has 0 aliphatic heterocycles. The van der Waals surface area contributed by atoms with Gasteiger partial charge in [-0.1, -0.05) is 12.1 Å². The second-order valence-electron chi connectivity index (χ2n) is 5.23. The SMILES string of the molecule is CC(C)N(Cc1ccc(N)cc1)c1cc(C(N)=O)ccn1. The molecule has 0 saturated carbocycles. The predicted octanol–water partition coefficient (Wildman–Crippen LogP) is 2.18. The number of benzene rings is 1. The van der Waals surface area contributed by atoms with Crippen LogP contribution in [0.4, 0.5) is 11.5 Å². The molecule has 1 amide bonds. The molecular formula is C16H20N4O. The first kappa shape index (κ1) is 14.8. The summed E-state index contributed by atoms with van der Waals surface area (Å²) in [7, 11) is 0. The number of primary amides is 1. The number of hydrogen-bond acceptors (Lipinski definition) is 4. The van der Waals surface area contributed by atoms with Gasteiger partial charge in [0.25, 0.3) is 0 Å². The molecule has 0 radical (unpaired) electrons. The van der Waals surface area contributed by atoms with E-state index in [-0.39, 0.29) is 6.04 Å². The minimum absolute atomic E-state index is 0.234. The summed E-state index contributed by atoms with van der Waals surface area (Å²) in [6.07, 6.45) is 1.60. The maximum Gasteiger partial charge on any atom is 0.248 e. The normalized spacial score (nSPS) is 10.6. The molecule has 0 saturated heterocycles. The zero-order valence-corrected chi connectivity index (χ0v) is 12.3. The topological polar surface area (TPSA) is 85.2 Å². The monoisotopic (exact) mass is 284 g/mol. The van der Waals surface area contributed by atoms with E-state index in [1.807, 2.05) is 24.3 Å². The van der Waals surface area contributed by atoms with Crippen LogP contribution < -0.4 is 16.4 Å². The Kier molecular flexibility index (Phi) is 4.42. The van der Waals surface area contributed by atoms with Crippen molar-refractivity contribution in [2.24, 2.45) is 5.73 Å². The third kappa shape index (κ3) is 3.72. The van der Waals surface area contributed by atoms with Gasteiger partial charge in [0.05, 0.1) is 0 Å². The Hall–Kier alpha value is -2.56. The van der Waals surface area contributed by atoms with E-state index < -0.39 is 5.91 Å². The molecule has 2 aromatic rings. The van der Waals surface area contributed by atoms with E-state index in [2.05, 4.69) is 23.7 Å². The van der Waals surface area contributed by atoms with Gasteiger partial charge in [-0.3, -0.25) is 4.79 Å². The Balaban J connectivity index is 2.28. The zero-order chi connectivity index (χ0) is 15.4. The van der Waals surface area contributed by atoms with E-state index in [4.69, 9.17) is 11.5 Å². The van der Waals surface area contributed by atoms with Gasteiger partial charge >= 0.3 is 0 Å². The van der Waals surface area contributed by atoms with Crippen molar-refractivity contribution in [3.05, 3.63) is 53.7 Å². The molecule has 4 N–H and O–H groups in total. The van der Waals surface area contributed by atoms with Gasteiger partial charge in [-0.25, -0.2) is 4.98 Å². The molecular weight excluding hydrogens is 264 g/mol. The number of anilines is 2. The van der Waals surface area contributed by atoms with Crippen molar-refractivity contribution >= 4 is 17.4 Å². The van der Waals surface area contributed by atoms with Crippen LogP contribution in [-0.4, -0.2) is 16.9 Å². The number of hydrogen-bond donors (Lipinski definition) is 2. The van der Waals surface area contributed by atoms with E-state index in [1.165, 1.54) is 0 Å². The van der Waals surface area contributed by atoms with Crippen LogP contribution in [0.15, 0.2) is 42.6 Å². The van der Waals surface area contributed by atoms with Crippen LogP contribution >= 0.6 is 0 Å². The fraction of sp³-hybridized carbons (Fsp3) is 0.250. The summed E-state index contributed by atoms with van der Waals surface area (Å²) in [5.74, 6) is 0.285. The quantitative estimate of drug-likeness (QED) is 0.824. The highest BCUT2D eigenvalue weighted by Gasteiger charge is 2.14. The minimum Gasteiger partial charge on any atom is -0.399 e. The summed E-state index contributed by atoms with van der Waals surface area (Å²) in [6.45, 7) is 4.85. The largest absolute Gasteiger partial charge is 0.399 e. The molecule has 0 bridgehead atoms. The minimum atomic E-state index is -0.449. The van der Waals surface area contributed by atoms with Gasteiger partial charge in [-0.2, -0.15) is 0 Å². The van der Waals surface area contributed by atoms with E-state index >= 15 is 0 Å². The van der Waals surface area contributed by atoms with Crippen LogP contribution in [0.25, 0.3) is 0 Å². The smallest absolute Gasteiger partial charge is 0.248 e. The maximum absolute atomic E-state index is 11.3. The highest BCUT2D eigenvalue weighted by atomic mass is 16.1. The highest BCUT2D eigenvalue weighted by molar-refractivity contribution is 5.93. The van der Waals surface area contributed by atoms with Gasteiger partial charge in [-0.15, -0.1) is 0 Å². The van der Waals surface area contributed by atoms with Crippen molar-refractivity contribution in [3.8, 4) is 0 Å². The molecule has 0 fully saturated rings. The van der Waals surface area contributed by atoms with E-state index in [0.717, 1.165) is 17.1 Å². The number of nitrogens with zero attached hydrogens (tertiary/aromatic N) is 2. The number of nitrogens with two attached hydrogens (primary N) is 2. The molecule has 1 aromatic carbocycles. The van der Waals surface area contributed by atoms with Gasteiger partial charge < -0.3 is 16.4 Å². The van der Waals surface area contributed by atoms with Crippen LogP contribution in [0.1, 0.15) is 29.8 Å². The number of nitrogen functional groups attached to an aromatic ring is 1. The van der Waals surface area contributed by atoms with Crippen LogP contribution in [-0.2, 0) is 6.54 Å². The Morgan fingerprint density at radius 2 is 1.90 bits per heavy atom. The second-order valence-corrected chi connectivity index (χ2v) is 5.23. The van der Waals surface area contributed by atoms with Crippen molar-refractivity contribution in [2.45, 2.75) is 26.4 Å². The van der Waals surface area contributed by atoms with Crippen molar-refractivity contribution in [1.29, 1.82) is 0 Å². The maximum atomic E-state index is 11.3. The van der Waals surface area contributed by atoms with Crippen molar-refractivity contribution < 1.29 is 4.79 Å². The average Bonchev–Trinajstić information content (AvgIpc) is 2.46. The molecule has 0 atom stereocenters. The van der Waals surface area contributed by atoms with Crippen LogP contribution in [0.3, 0.4) is 0 Å². The third-order valence-electron chi connectivity index (χ3n) is 3.28. The summed E-state index contributed by atoms with van der Waals surface area (Å²) >= 11 is 0. The Morgan fingerprint density at radius 3 is 2.48 bits per heavy atom. The van der Waals surface area contributed by atoms with Gasteiger partial charge in [0.2, 0.25) is 5.91 Å². The fourth-order valence-corrected chi connectivity index (χ4v) is 2.08. The average molecular weight is 284 g/mol. The Morgan fingerprint density at radius 1 is 1.24 bits per heavy atom. The van der Waals surface area contributed by atoms with Crippen molar-refractivity contribution in [1.82, 2.24) is 4.98 Å². The van der Waals surface area contributed by atoms with Gasteiger partial charge in [0.15, 0.2) is 0 Å². The molecule has 5 heteroatoms. The number of pyridine rings is 1. The number of amides is 1. The molecule has 1 aromatic heterocycles. The summed E-state index contributed by atoms with van der Waals surface area (Å²) < 4.78 is 0. The lowest BCUT2D eigenvalue weighted by molar-refractivity contribution is 0.1000. The number of aromatic nitrogens is 1. The zero-order valence-electron chi connectivity index (χ0n) is 12.3. The second kappa shape index (κ2) is 6.26. The number of carbonyl (C=O) groups excluding carboxylic acids is 1. The Bertz CT molecular complexity index is 622. The van der Waals surface area contributed by atoms with E-state index in [1.54, 1.807) is 18.3 Å². The number of carbonyl (C=O) groups is 1. The van der Waals surface area contributed by atoms with Gasteiger partial charge in [-0.05, 0) is 43.7 Å². The molecule has 1 heterocycles. The summed E-state index contributed by atoms with van der Waals surface area (Å²) in [6, 6.07) is 11.3. The van der Waals surface area contributed by atoms with Crippen LogP contribution in [0.5, 0.6) is 0 Å². The standard InChI is InChI=1S/C16H20N4O/c1-11(2)20(10-12-3-5-14(17)6-4-12)15-9-13(16(18)21)7-8-19-15/h3-9,11H,10,17H2,1-2H3,(H2,18,21). The highest BCUT2D eigenvalue weighted by Crippen LogP contribution is 2.19. The lowest BCUT2D eigenvalue weighted by atomic mass is 10.1. The first-order valence-electron chi connectivity index (χ1n) is 6.84. The lowest BCUT2D eigenvalue weighted by Crippen LogP contribution is -2.31. The summed E-state index contributed by atoms with van der Waals surface area (Å²) in [4.78, 5) is 17.8. The van der Waals surface area contributed by atoms with E-state index in [9.17, 15) is 4.79 Å². The molecule has 0 spiro atoms. The van der Waals surface area contributed by atoms with Crippen LogP contribution in [0.2, 0.25) is 0 Å². The van der Waals surface area contributed by atoms with E-state index in [0.29, 0.717) is 12.1 Å². The molecule has 110 valence electrons. The van der Waals surface area contributed by atoms with Crippen LogP contribution in [0, 0.1) is 0 Å². The first-order chi connectivity index (χ1) is 9.97. The van der Waals surface area contributed by atoms with Gasteiger partial charge in [0.1, 0.15) is 5.82 Å². The Labute approximate surface area is 124 Å². The summed E-state index contributed by atoms with van der Waals surface area (Å²) in [5, 5.41) is 0. The molecule has 5 nitrogen and oxygen atoms in total. The molecule has 21 heavy (non-hydrogen) atoms. The molecule has 0 aliphatic rings. The molecule has 2 rings (SSSR count). The lowest BCUT2D eigenvalue weighted by Gasteiger charge is -2.28. The molecule has 0 aliphatic carbocycles. The first-order valence-corrected chi connectivity index (χ1v) is 6.84. The number of rotatable bonds is 5. The van der Waals surface area contributed by atoms with Crippen molar-refractivity contribution in [3.63, 3.8) is 0 Å². The van der Waals surface area contributed by atoms with Crippen molar-refractivity contribution in [2.75, 3.05) is 10.6 Å².